The van der Waals surface area contributed by atoms with Gasteiger partial charge in [0, 0.05) is 36.6 Å². The number of anilines is 1. The lowest BCUT2D eigenvalue weighted by molar-refractivity contribution is -0.114. The maximum Gasteiger partial charge on any atom is 0.410 e. The molecular weight excluding hydrogens is 378 g/mol. The highest BCUT2D eigenvalue weighted by atomic mass is 35.5. The van der Waals surface area contributed by atoms with Gasteiger partial charge < -0.3 is 15.0 Å². The molecule has 1 aromatic heterocycles. The summed E-state index contributed by atoms with van der Waals surface area (Å²) in [4.78, 5) is 29.5. The average molecular weight is 404 g/mol. The van der Waals surface area contributed by atoms with Crippen molar-refractivity contribution < 1.29 is 14.3 Å². The molecule has 1 saturated heterocycles. The second-order valence-corrected chi connectivity index (χ2v) is 8.62. The van der Waals surface area contributed by atoms with Gasteiger partial charge in [0.1, 0.15) is 11.4 Å². The number of carbonyl (C=O) groups is 2. The standard InChI is InChI=1S/C21H26ClN3O3/c1-13(26)24-19-11-15-9-17(18(22)10-16(15)12-23-19)14-5-7-25(8-6-14)20(27)28-21(2,3)4/h9-12,14H,5-8H2,1-4H3,(H,23,24,26). The number of nitrogens with zero attached hydrogens (tertiary/aromatic N) is 2. The van der Waals surface area contributed by atoms with Crippen molar-refractivity contribution in [2.24, 2.45) is 0 Å². The molecule has 0 aliphatic carbocycles. The Hall–Kier alpha value is -2.34. The smallest absolute Gasteiger partial charge is 0.410 e. The Balaban J connectivity index is 1.75. The van der Waals surface area contributed by atoms with Crippen LogP contribution in [0, 0.1) is 0 Å². The summed E-state index contributed by atoms with van der Waals surface area (Å²) in [7, 11) is 0. The van der Waals surface area contributed by atoms with E-state index in [0.29, 0.717) is 23.9 Å². The van der Waals surface area contributed by atoms with Crippen LogP contribution in [0.15, 0.2) is 24.4 Å². The molecule has 0 atom stereocenters. The lowest BCUT2D eigenvalue weighted by Gasteiger charge is -2.34. The number of carbonyl (C=O) groups excluding carboxylic acids is 2. The Morgan fingerprint density at radius 2 is 1.86 bits per heavy atom. The molecule has 0 unspecified atom stereocenters. The predicted molar refractivity (Wildman–Crippen MR) is 111 cm³/mol. The molecule has 0 saturated carbocycles. The van der Waals surface area contributed by atoms with Gasteiger partial charge in [-0.25, -0.2) is 9.78 Å². The summed E-state index contributed by atoms with van der Waals surface area (Å²) in [6.07, 6.45) is 3.10. The molecule has 0 bridgehead atoms. The van der Waals surface area contributed by atoms with Crippen LogP contribution in [-0.4, -0.2) is 40.6 Å². The van der Waals surface area contributed by atoms with Crippen LogP contribution in [0.1, 0.15) is 52.0 Å². The Morgan fingerprint density at radius 1 is 1.18 bits per heavy atom. The minimum atomic E-state index is -0.491. The molecule has 2 aromatic rings. The van der Waals surface area contributed by atoms with Crippen LogP contribution in [0.4, 0.5) is 10.6 Å². The van der Waals surface area contributed by atoms with Crippen LogP contribution in [-0.2, 0) is 9.53 Å². The molecule has 1 aliphatic rings. The molecule has 1 fully saturated rings. The predicted octanol–water partition coefficient (Wildman–Crippen LogP) is 4.96. The minimum absolute atomic E-state index is 0.157. The third-order valence-corrected chi connectivity index (χ3v) is 5.06. The highest BCUT2D eigenvalue weighted by molar-refractivity contribution is 6.32. The second-order valence-electron chi connectivity index (χ2n) is 8.21. The Labute approximate surface area is 170 Å². The number of amides is 2. The zero-order valence-corrected chi connectivity index (χ0v) is 17.5. The van der Waals surface area contributed by atoms with E-state index in [-0.39, 0.29) is 17.9 Å². The second kappa shape index (κ2) is 7.95. The summed E-state index contributed by atoms with van der Waals surface area (Å²) in [6, 6.07) is 5.84. The normalized spacial score (nSPS) is 15.5. The van der Waals surface area contributed by atoms with Crippen LogP contribution < -0.4 is 5.32 Å². The maximum absolute atomic E-state index is 12.3. The van der Waals surface area contributed by atoms with Gasteiger partial charge in [0.2, 0.25) is 5.91 Å². The molecule has 0 spiro atoms. The van der Waals surface area contributed by atoms with E-state index in [1.807, 2.05) is 32.9 Å². The minimum Gasteiger partial charge on any atom is -0.444 e. The van der Waals surface area contributed by atoms with Crippen molar-refractivity contribution in [1.29, 1.82) is 0 Å². The average Bonchev–Trinajstić information content (AvgIpc) is 2.59. The van der Waals surface area contributed by atoms with Crippen molar-refractivity contribution >= 4 is 40.2 Å². The Bertz CT molecular complexity index is 900. The highest BCUT2D eigenvalue weighted by Gasteiger charge is 2.28. The van der Waals surface area contributed by atoms with E-state index in [1.54, 1.807) is 11.1 Å². The molecule has 6 nitrogen and oxygen atoms in total. The van der Waals surface area contributed by atoms with Crippen LogP contribution in [0.2, 0.25) is 5.02 Å². The van der Waals surface area contributed by atoms with Gasteiger partial charge >= 0.3 is 6.09 Å². The van der Waals surface area contributed by atoms with Crippen molar-refractivity contribution in [2.45, 2.75) is 52.1 Å². The quantitative estimate of drug-likeness (QED) is 0.769. The molecule has 0 radical (unpaired) electrons. The van der Waals surface area contributed by atoms with E-state index in [0.717, 1.165) is 29.2 Å². The monoisotopic (exact) mass is 403 g/mol. The fraction of sp³-hybridized carbons (Fsp3) is 0.476. The number of benzene rings is 1. The number of fused-ring (bicyclic) bond motifs is 1. The van der Waals surface area contributed by atoms with E-state index >= 15 is 0 Å². The van der Waals surface area contributed by atoms with E-state index in [1.165, 1.54) is 6.92 Å². The van der Waals surface area contributed by atoms with Gasteiger partial charge in [0.25, 0.3) is 0 Å². The molecule has 1 aliphatic heterocycles. The molecular formula is C21H26ClN3O3. The van der Waals surface area contributed by atoms with Crippen molar-refractivity contribution in [1.82, 2.24) is 9.88 Å². The lowest BCUT2D eigenvalue weighted by Crippen LogP contribution is -2.41. The molecule has 2 heterocycles. The van der Waals surface area contributed by atoms with Crippen LogP contribution >= 0.6 is 11.6 Å². The number of likely N-dealkylation sites (tertiary alicyclic amines) is 1. The molecule has 3 rings (SSSR count). The van der Waals surface area contributed by atoms with Crippen molar-refractivity contribution in [3.8, 4) is 0 Å². The first-order valence-electron chi connectivity index (χ1n) is 9.47. The van der Waals surface area contributed by atoms with Crippen molar-refractivity contribution in [3.63, 3.8) is 0 Å². The van der Waals surface area contributed by atoms with Gasteiger partial charge in [-0.3, -0.25) is 4.79 Å². The van der Waals surface area contributed by atoms with E-state index in [2.05, 4.69) is 16.4 Å². The highest BCUT2D eigenvalue weighted by Crippen LogP contribution is 2.36. The number of ether oxygens (including phenoxy) is 1. The van der Waals surface area contributed by atoms with Gasteiger partial charge in [0.15, 0.2) is 0 Å². The third kappa shape index (κ3) is 4.93. The Morgan fingerprint density at radius 3 is 2.46 bits per heavy atom. The van der Waals surface area contributed by atoms with E-state index < -0.39 is 5.60 Å². The molecule has 28 heavy (non-hydrogen) atoms. The third-order valence-electron chi connectivity index (χ3n) is 4.73. The largest absolute Gasteiger partial charge is 0.444 e. The first-order valence-corrected chi connectivity index (χ1v) is 9.85. The fourth-order valence-electron chi connectivity index (χ4n) is 3.44. The van der Waals surface area contributed by atoms with Crippen molar-refractivity contribution in [3.05, 3.63) is 35.0 Å². The van der Waals surface area contributed by atoms with Crippen molar-refractivity contribution in [2.75, 3.05) is 18.4 Å². The number of aromatic nitrogens is 1. The van der Waals surface area contributed by atoms with Gasteiger partial charge in [0.05, 0.1) is 0 Å². The summed E-state index contributed by atoms with van der Waals surface area (Å²) >= 11 is 6.54. The van der Waals surface area contributed by atoms with Crippen LogP contribution in [0.5, 0.6) is 0 Å². The topological polar surface area (TPSA) is 71.5 Å². The summed E-state index contributed by atoms with van der Waals surface area (Å²) < 4.78 is 5.46. The number of rotatable bonds is 2. The first-order chi connectivity index (χ1) is 13.1. The Kier molecular flexibility index (Phi) is 5.79. The molecule has 150 valence electrons. The lowest BCUT2D eigenvalue weighted by atomic mass is 9.88. The first kappa shape index (κ1) is 20.4. The zero-order chi connectivity index (χ0) is 20.5. The number of halogens is 1. The summed E-state index contributed by atoms with van der Waals surface area (Å²) in [5.74, 6) is 0.636. The number of hydrogen-bond donors (Lipinski definition) is 1. The SMILES string of the molecule is CC(=O)Nc1cc2cc(C3CCN(C(=O)OC(C)(C)C)CC3)c(Cl)cc2cn1. The number of nitrogens with one attached hydrogen (secondary N) is 1. The number of pyridine rings is 1. The van der Waals surface area contributed by atoms with Gasteiger partial charge in [-0.05, 0) is 68.7 Å². The zero-order valence-electron chi connectivity index (χ0n) is 16.7. The van der Waals surface area contributed by atoms with Gasteiger partial charge in [-0.1, -0.05) is 11.6 Å². The molecule has 2 amide bonds. The molecule has 7 heteroatoms. The number of piperidine rings is 1. The van der Waals surface area contributed by atoms with Crippen LogP contribution in [0.3, 0.4) is 0 Å². The van der Waals surface area contributed by atoms with E-state index in [4.69, 9.17) is 16.3 Å². The summed E-state index contributed by atoms with van der Waals surface area (Å²) in [5.41, 5.74) is 0.577. The summed E-state index contributed by atoms with van der Waals surface area (Å²) in [6.45, 7) is 8.35. The maximum atomic E-state index is 12.3. The molecule has 1 aromatic carbocycles. The van der Waals surface area contributed by atoms with Crippen LogP contribution in [0.25, 0.3) is 10.8 Å². The molecule has 1 N–H and O–H groups in total. The van der Waals surface area contributed by atoms with Gasteiger partial charge in [-0.15, -0.1) is 0 Å². The van der Waals surface area contributed by atoms with Gasteiger partial charge in [-0.2, -0.15) is 0 Å². The van der Waals surface area contributed by atoms with E-state index in [9.17, 15) is 9.59 Å². The fourth-order valence-corrected chi connectivity index (χ4v) is 3.77. The number of hydrogen-bond acceptors (Lipinski definition) is 4. The summed E-state index contributed by atoms with van der Waals surface area (Å²) in [5, 5.41) is 5.32.